The van der Waals surface area contributed by atoms with Crippen LogP contribution >= 0.6 is 24.0 Å². The molecule has 1 aromatic rings. The smallest absolute Gasteiger partial charge is 0.228 e. The molecule has 1 unspecified atom stereocenters. The molecule has 7 nitrogen and oxygen atoms in total. The first-order valence-corrected chi connectivity index (χ1v) is 9.18. The van der Waals surface area contributed by atoms with Crippen LogP contribution in [0.2, 0.25) is 5.02 Å². The molecule has 27 heavy (non-hydrogen) atoms. The van der Waals surface area contributed by atoms with Crippen molar-refractivity contribution in [3.05, 3.63) is 22.7 Å². The number of carbonyl (C=O) groups is 1. The fourth-order valence-corrected chi connectivity index (χ4v) is 3.71. The lowest BCUT2D eigenvalue weighted by Gasteiger charge is -2.35. The summed E-state index contributed by atoms with van der Waals surface area (Å²) >= 11 is 6.21. The van der Waals surface area contributed by atoms with Gasteiger partial charge in [-0.15, -0.1) is 12.4 Å². The Morgan fingerprint density at radius 2 is 2.07 bits per heavy atom. The fourth-order valence-electron chi connectivity index (χ4n) is 3.44. The van der Waals surface area contributed by atoms with E-state index in [9.17, 15) is 9.90 Å². The number of amides is 1. The second kappa shape index (κ2) is 9.80. The third-order valence-electron chi connectivity index (χ3n) is 4.92. The highest BCUT2D eigenvalue weighted by molar-refractivity contribution is 6.32. The lowest BCUT2D eigenvalue weighted by molar-refractivity contribution is -0.136. The zero-order valence-electron chi connectivity index (χ0n) is 15.3. The predicted molar refractivity (Wildman–Crippen MR) is 104 cm³/mol. The molecule has 2 heterocycles. The molecule has 0 radical (unpaired) electrons. The fraction of sp³-hybridized carbons (Fsp3) is 0.611. The highest BCUT2D eigenvalue weighted by Gasteiger charge is 2.39. The Morgan fingerprint density at radius 1 is 1.37 bits per heavy atom. The van der Waals surface area contributed by atoms with Crippen molar-refractivity contribution in [3.8, 4) is 11.5 Å². The van der Waals surface area contributed by atoms with Gasteiger partial charge in [0, 0.05) is 13.7 Å². The van der Waals surface area contributed by atoms with Crippen LogP contribution in [-0.4, -0.2) is 57.6 Å². The lowest BCUT2D eigenvalue weighted by Crippen LogP contribution is -2.50. The van der Waals surface area contributed by atoms with Gasteiger partial charge in [-0.05, 0) is 43.6 Å². The summed E-state index contributed by atoms with van der Waals surface area (Å²) < 4.78 is 16.3. The van der Waals surface area contributed by atoms with E-state index in [4.69, 9.17) is 25.8 Å². The first-order valence-electron chi connectivity index (χ1n) is 8.81. The van der Waals surface area contributed by atoms with Crippen LogP contribution in [0.5, 0.6) is 11.5 Å². The topological polar surface area (TPSA) is 89.1 Å². The average molecular weight is 421 g/mol. The number of hydrogen-bond donors (Lipinski definition) is 3. The molecule has 2 aliphatic heterocycles. The summed E-state index contributed by atoms with van der Waals surface area (Å²) in [5.74, 6) is 0.911. The van der Waals surface area contributed by atoms with Crippen molar-refractivity contribution in [1.82, 2.24) is 10.6 Å². The van der Waals surface area contributed by atoms with Crippen LogP contribution in [0.15, 0.2) is 12.1 Å². The second-order valence-electron chi connectivity index (χ2n) is 6.72. The van der Waals surface area contributed by atoms with E-state index in [1.165, 1.54) is 0 Å². The number of hydrogen-bond acceptors (Lipinski definition) is 6. The van der Waals surface area contributed by atoms with Crippen LogP contribution in [0.1, 0.15) is 24.5 Å². The number of benzene rings is 1. The van der Waals surface area contributed by atoms with E-state index in [1.54, 1.807) is 19.2 Å². The molecule has 0 bridgehead atoms. The summed E-state index contributed by atoms with van der Waals surface area (Å²) in [5, 5.41) is 17.0. The van der Waals surface area contributed by atoms with E-state index in [0.29, 0.717) is 54.7 Å². The minimum Gasteiger partial charge on any atom is -0.486 e. The molecular formula is C18H26Cl2N2O5. The molecule has 1 aromatic carbocycles. The molecule has 1 saturated heterocycles. The van der Waals surface area contributed by atoms with Gasteiger partial charge in [-0.2, -0.15) is 0 Å². The van der Waals surface area contributed by atoms with Crippen molar-refractivity contribution >= 4 is 29.9 Å². The molecule has 0 aliphatic carbocycles. The van der Waals surface area contributed by atoms with Crippen LogP contribution < -0.4 is 20.1 Å². The zero-order valence-corrected chi connectivity index (χ0v) is 16.8. The Morgan fingerprint density at radius 3 is 2.78 bits per heavy atom. The van der Waals surface area contributed by atoms with E-state index >= 15 is 0 Å². The molecule has 0 spiro atoms. The standard InChI is InChI=1S/C18H25ClN2O5.ClH/c1-24-11-18(2-4-20-5-3-18)17(23)21-10-14(22)12-8-13(19)16-15(9-12)25-6-7-26-16;/h8-9,14,20,22H,2-7,10-11H2,1H3,(H,21,23);1H. The van der Waals surface area contributed by atoms with E-state index in [1.807, 2.05) is 0 Å². The number of piperidine rings is 1. The Hall–Kier alpha value is -1.25. The molecule has 0 saturated carbocycles. The van der Waals surface area contributed by atoms with Crippen molar-refractivity contribution in [2.45, 2.75) is 18.9 Å². The van der Waals surface area contributed by atoms with Gasteiger partial charge in [0.25, 0.3) is 0 Å². The summed E-state index contributed by atoms with van der Waals surface area (Å²) in [6, 6.07) is 3.34. The molecule has 3 rings (SSSR count). The number of carbonyl (C=O) groups excluding carboxylic acids is 1. The second-order valence-corrected chi connectivity index (χ2v) is 7.12. The lowest BCUT2D eigenvalue weighted by atomic mass is 9.78. The monoisotopic (exact) mass is 420 g/mol. The Labute approximate surface area is 170 Å². The molecule has 3 N–H and O–H groups in total. The summed E-state index contributed by atoms with van der Waals surface area (Å²) in [6.07, 6.45) is 0.519. The number of fused-ring (bicyclic) bond motifs is 1. The number of ether oxygens (including phenoxy) is 3. The van der Waals surface area contributed by atoms with Gasteiger partial charge in [-0.1, -0.05) is 11.6 Å². The van der Waals surface area contributed by atoms with Crippen molar-refractivity contribution in [2.75, 3.05) is 46.6 Å². The largest absolute Gasteiger partial charge is 0.486 e. The molecule has 1 fully saturated rings. The Bertz CT molecular complexity index is 647. The van der Waals surface area contributed by atoms with Gasteiger partial charge in [0.2, 0.25) is 5.91 Å². The normalized spacial score (nSPS) is 18.9. The van der Waals surface area contributed by atoms with Crippen LogP contribution in [0.4, 0.5) is 0 Å². The van der Waals surface area contributed by atoms with E-state index < -0.39 is 11.5 Å². The zero-order chi connectivity index (χ0) is 18.6. The van der Waals surface area contributed by atoms with Crippen LogP contribution in [0.3, 0.4) is 0 Å². The highest BCUT2D eigenvalue weighted by atomic mass is 35.5. The maximum atomic E-state index is 12.7. The predicted octanol–water partition coefficient (Wildman–Crippen LogP) is 1.70. The van der Waals surface area contributed by atoms with Gasteiger partial charge >= 0.3 is 0 Å². The number of rotatable bonds is 6. The van der Waals surface area contributed by atoms with Crippen LogP contribution in [-0.2, 0) is 9.53 Å². The van der Waals surface area contributed by atoms with E-state index in [2.05, 4.69) is 10.6 Å². The summed E-state index contributed by atoms with van der Waals surface area (Å²) in [6.45, 7) is 2.89. The Kier molecular flexibility index (Phi) is 8.00. The van der Waals surface area contributed by atoms with E-state index in [0.717, 1.165) is 13.1 Å². The van der Waals surface area contributed by atoms with Crippen LogP contribution in [0.25, 0.3) is 0 Å². The quantitative estimate of drug-likeness (QED) is 0.648. The van der Waals surface area contributed by atoms with Crippen molar-refractivity contribution in [1.29, 1.82) is 0 Å². The molecule has 152 valence electrons. The van der Waals surface area contributed by atoms with Crippen molar-refractivity contribution in [2.24, 2.45) is 5.41 Å². The minimum absolute atomic E-state index is 0. The third kappa shape index (κ3) is 4.97. The number of aliphatic hydroxyl groups excluding tert-OH is 1. The van der Waals surface area contributed by atoms with Crippen molar-refractivity contribution in [3.63, 3.8) is 0 Å². The molecule has 1 atom stereocenters. The molecule has 9 heteroatoms. The molecule has 0 aromatic heterocycles. The summed E-state index contributed by atoms with van der Waals surface area (Å²) in [7, 11) is 1.60. The first-order chi connectivity index (χ1) is 12.6. The molecule has 1 amide bonds. The molecule has 2 aliphatic rings. The number of nitrogens with one attached hydrogen (secondary N) is 2. The van der Waals surface area contributed by atoms with E-state index in [-0.39, 0.29) is 24.9 Å². The number of aliphatic hydroxyl groups is 1. The summed E-state index contributed by atoms with van der Waals surface area (Å²) in [5.41, 5.74) is 0.0233. The first kappa shape index (κ1) is 22.0. The van der Waals surface area contributed by atoms with Gasteiger partial charge in [-0.25, -0.2) is 0 Å². The maximum Gasteiger partial charge on any atom is 0.228 e. The number of halogens is 2. The van der Waals surface area contributed by atoms with Crippen molar-refractivity contribution < 1.29 is 24.1 Å². The van der Waals surface area contributed by atoms with Crippen LogP contribution in [0, 0.1) is 5.41 Å². The summed E-state index contributed by atoms with van der Waals surface area (Å²) in [4.78, 5) is 12.7. The highest BCUT2D eigenvalue weighted by Crippen LogP contribution is 2.39. The Balaban J connectivity index is 0.00000261. The maximum absolute atomic E-state index is 12.7. The van der Waals surface area contributed by atoms with Gasteiger partial charge in [0.05, 0.1) is 23.1 Å². The molecular weight excluding hydrogens is 395 g/mol. The third-order valence-corrected chi connectivity index (χ3v) is 5.20. The van der Waals surface area contributed by atoms with Gasteiger partial charge < -0.3 is 30.0 Å². The minimum atomic E-state index is -0.895. The SMILES string of the molecule is COCC1(C(=O)NCC(O)c2cc(Cl)c3c(c2)OCCO3)CCNCC1.Cl. The van der Waals surface area contributed by atoms with Gasteiger partial charge in [0.15, 0.2) is 11.5 Å². The average Bonchev–Trinajstić information content (AvgIpc) is 2.66. The van der Waals surface area contributed by atoms with Gasteiger partial charge in [0.1, 0.15) is 13.2 Å². The number of methoxy groups -OCH3 is 1. The van der Waals surface area contributed by atoms with Gasteiger partial charge in [-0.3, -0.25) is 4.79 Å².